The number of nitrogens with one attached hydrogen (secondary N) is 2. The maximum absolute atomic E-state index is 13.1. The van der Waals surface area contributed by atoms with E-state index < -0.39 is 5.72 Å². The molecule has 0 radical (unpaired) electrons. The average Bonchev–Trinajstić information content (AvgIpc) is 2.94. The fourth-order valence-corrected chi connectivity index (χ4v) is 5.45. The maximum Gasteiger partial charge on any atom is 0.258 e. The van der Waals surface area contributed by atoms with Crippen LogP contribution in [0.1, 0.15) is 47.4 Å². The number of nitrogens with zero attached hydrogens (tertiary/aromatic N) is 2. The highest BCUT2D eigenvalue weighted by molar-refractivity contribution is 5.98. The number of aryl methyl sites for hydroxylation is 2. The van der Waals surface area contributed by atoms with Crippen LogP contribution in [0.4, 0.5) is 5.69 Å². The smallest absolute Gasteiger partial charge is 0.258 e. The van der Waals surface area contributed by atoms with Crippen molar-refractivity contribution in [2.24, 2.45) is 24.8 Å². The van der Waals surface area contributed by atoms with Gasteiger partial charge in [0.15, 0.2) is 5.72 Å². The van der Waals surface area contributed by atoms with Crippen molar-refractivity contribution < 1.29 is 14.3 Å². The minimum atomic E-state index is -0.689. The SMILES string of the molecule is Cc1nn(C)c(C)c1NC(=O)[C@@H]1C[C@H]2CC[C@H]1C[C@@]21NC(=O)c2ccccc2O1. The monoisotopic (exact) mass is 394 g/mol. The molecule has 1 aliphatic heterocycles. The Kier molecular flexibility index (Phi) is 3.98. The lowest BCUT2D eigenvalue weighted by Gasteiger charge is -2.55. The molecule has 0 saturated heterocycles. The molecule has 3 saturated carbocycles. The quantitative estimate of drug-likeness (QED) is 0.820. The first-order chi connectivity index (χ1) is 13.9. The van der Waals surface area contributed by atoms with Crippen LogP contribution < -0.4 is 15.4 Å². The van der Waals surface area contributed by atoms with Gasteiger partial charge >= 0.3 is 0 Å². The Bertz CT molecular complexity index is 1010. The van der Waals surface area contributed by atoms with Crippen LogP contribution in [0.2, 0.25) is 0 Å². The zero-order chi connectivity index (χ0) is 20.3. The minimum Gasteiger partial charge on any atom is -0.467 e. The molecule has 6 rings (SSSR count). The van der Waals surface area contributed by atoms with Crippen molar-refractivity contribution in [2.75, 3.05) is 5.32 Å². The van der Waals surface area contributed by atoms with Gasteiger partial charge in [0, 0.05) is 25.3 Å². The number of aromatic nitrogens is 2. The van der Waals surface area contributed by atoms with E-state index >= 15 is 0 Å². The number of carbonyl (C=O) groups excluding carboxylic acids is 2. The van der Waals surface area contributed by atoms with Gasteiger partial charge in [-0.1, -0.05) is 12.1 Å². The molecule has 7 nitrogen and oxygen atoms in total. The number of para-hydroxylation sites is 1. The molecule has 2 aromatic rings. The van der Waals surface area contributed by atoms with Gasteiger partial charge < -0.3 is 15.4 Å². The van der Waals surface area contributed by atoms with Crippen LogP contribution in [0.5, 0.6) is 5.75 Å². The van der Waals surface area contributed by atoms with Crippen LogP contribution in [0, 0.1) is 31.6 Å². The van der Waals surface area contributed by atoms with E-state index in [1.807, 2.05) is 39.1 Å². The number of rotatable bonds is 2. The summed E-state index contributed by atoms with van der Waals surface area (Å²) in [5, 5.41) is 10.7. The van der Waals surface area contributed by atoms with E-state index in [-0.39, 0.29) is 29.6 Å². The molecule has 3 fully saturated rings. The Morgan fingerprint density at radius 1 is 1.31 bits per heavy atom. The first-order valence-corrected chi connectivity index (χ1v) is 10.3. The summed E-state index contributed by atoms with van der Waals surface area (Å²) in [7, 11) is 1.88. The highest BCUT2D eigenvalue weighted by Gasteiger charge is 2.57. The van der Waals surface area contributed by atoms with Crippen LogP contribution in [-0.2, 0) is 11.8 Å². The Hall–Kier alpha value is -2.83. The number of hydrogen-bond donors (Lipinski definition) is 2. The Morgan fingerprint density at radius 2 is 2.10 bits per heavy atom. The van der Waals surface area contributed by atoms with Gasteiger partial charge in [-0.05, 0) is 51.2 Å². The molecule has 2 N–H and O–H groups in total. The third kappa shape index (κ3) is 2.74. The summed E-state index contributed by atoms with van der Waals surface area (Å²) in [5.74, 6) is 0.847. The van der Waals surface area contributed by atoms with Crippen LogP contribution in [0.15, 0.2) is 24.3 Å². The van der Waals surface area contributed by atoms with E-state index in [4.69, 9.17) is 4.74 Å². The van der Waals surface area contributed by atoms with Crippen LogP contribution in [-0.4, -0.2) is 27.3 Å². The van der Waals surface area contributed by atoms with Gasteiger partial charge in [0.05, 0.1) is 22.6 Å². The fourth-order valence-electron chi connectivity index (χ4n) is 5.45. The molecule has 4 atom stereocenters. The van der Waals surface area contributed by atoms with Crippen molar-refractivity contribution in [2.45, 2.75) is 45.3 Å². The lowest BCUT2D eigenvalue weighted by molar-refractivity contribution is -0.142. The van der Waals surface area contributed by atoms with E-state index in [0.29, 0.717) is 17.7 Å². The molecule has 2 heterocycles. The predicted molar refractivity (Wildman–Crippen MR) is 108 cm³/mol. The van der Waals surface area contributed by atoms with Crippen LogP contribution in [0.25, 0.3) is 0 Å². The number of fused-ring (bicyclic) bond motifs is 3. The summed E-state index contributed by atoms with van der Waals surface area (Å²) in [5.41, 5.74) is 2.48. The average molecular weight is 394 g/mol. The molecule has 7 heteroatoms. The molecule has 1 spiro atoms. The van der Waals surface area contributed by atoms with Crippen molar-refractivity contribution in [3.8, 4) is 5.75 Å². The van der Waals surface area contributed by atoms with Gasteiger partial charge in [-0.25, -0.2) is 0 Å². The van der Waals surface area contributed by atoms with E-state index in [9.17, 15) is 9.59 Å². The van der Waals surface area contributed by atoms with Gasteiger partial charge in [-0.2, -0.15) is 5.10 Å². The molecule has 29 heavy (non-hydrogen) atoms. The van der Waals surface area contributed by atoms with Crippen molar-refractivity contribution in [1.82, 2.24) is 15.1 Å². The maximum atomic E-state index is 13.1. The summed E-state index contributed by atoms with van der Waals surface area (Å²) >= 11 is 0. The summed E-state index contributed by atoms with van der Waals surface area (Å²) < 4.78 is 8.16. The Balaban J connectivity index is 1.37. The second-order valence-electron chi connectivity index (χ2n) is 8.68. The lowest BCUT2D eigenvalue weighted by atomic mass is 9.60. The fraction of sp³-hybridized carbons (Fsp3) is 0.500. The van der Waals surface area contributed by atoms with E-state index in [1.165, 1.54) is 0 Å². The van der Waals surface area contributed by atoms with Gasteiger partial charge in [0.1, 0.15) is 5.75 Å². The van der Waals surface area contributed by atoms with Gasteiger partial charge in [-0.3, -0.25) is 14.3 Å². The number of hydrogen-bond acceptors (Lipinski definition) is 4. The Labute approximate surface area is 169 Å². The standard InChI is InChI=1S/C22H26N4O3/c1-12-19(13(2)26(3)25-12)23-20(27)17-10-15-9-8-14(17)11-22(15)24-21(28)16-6-4-5-7-18(16)29-22/h4-7,14-15,17H,8-11H2,1-3H3,(H,23,27)(H,24,28)/t14-,15+,17+,22-/m0/s1. The highest BCUT2D eigenvalue weighted by Crippen LogP contribution is 2.52. The van der Waals surface area contributed by atoms with Gasteiger partial charge in [0.2, 0.25) is 5.91 Å². The zero-order valence-corrected chi connectivity index (χ0v) is 17.0. The highest BCUT2D eigenvalue weighted by atomic mass is 16.5. The summed E-state index contributed by atoms with van der Waals surface area (Å²) in [6.07, 6.45) is 3.33. The van der Waals surface area contributed by atoms with Crippen LogP contribution in [0.3, 0.4) is 0 Å². The molecule has 4 aliphatic rings. The van der Waals surface area contributed by atoms with Gasteiger partial charge in [0.25, 0.3) is 5.91 Å². The number of anilines is 1. The topological polar surface area (TPSA) is 85.3 Å². The Morgan fingerprint density at radius 3 is 2.79 bits per heavy atom. The largest absolute Gasteiger partial charge is 0.467 e. The van der Waals surface area contributed by atoms with E-state index in [1.54, 1.807) is 10.7 Å². The molecule has 2 amide bonds. The summed E-state index contributed by atoms with van der Waals surface area (Å²) in [6.45, 7) is 3.87. The molecule has 0 unspecified atom stereocenters. The molecule has 2 bridgehead atoms. The van der Waals surface area contributed by atoms with E-state index in [0.717, 1.165) is 36.3 Å². The first kappa shape index (κ1) is 18.2. The molecule has 3 aliphatic carbocycles. The molecule has 1 aromatic carbocycles. The van der Waals surface area contributed by atoms with Crippen LogP contribution >= 0.6 is 0 Å². The molecule has 1 aromatic heterocycles. The second kappa shape index (κ2) is 6.34. The van der Waals surface area contributed by atoms with E-state index in [2.05, 4.69) is 15.7 Å². The number of amides is 2. The van der Waals surface area contributed by atoms with Crippen molar-refractivity contribution in [3.63, 3.8) is 0 Å². The zero-order valence-electron chi connectivity index (χ0n) is 17.0. The third-order valence-corrected chi connectivity index (χ3v) is 7.06. The summed E-state index contributed by atoms with van der Waals surface area (Å²) in [6, 6.07) is 7.38. The molecular formula is C22H26N4O3. The number of carbonyl (C=O) groups is 2. The first-order valence-electron chi connectivity index (χ1n) is 10.3. The van der Waals surface area contributed by atoms with Gasteiger partial charge in [-0.15, -0.1) is 0 Å². The lowest BCUT2D eigenvalue weighted by Crippen LogP contribution is -2.66. The summed E-state index contributed by atoms with van der Waals surface area (Å²) in [4.78, 5) is 25.8. The molecule has 152 valence electrons. The van der Waals surface area contributed by atoms with Crippen molar-refractivity contribution >= 4 is 17.5 Å². The van der Waals surface area contributed by atoms with Crippen molar-refractivity contribution in [1.29, 1.82) is 0 Å². The van der Waals surface area contributed by atoms with Crippen molar-refractivity contribution in [3.05, 3.63) is 41.2 Å². The minimum absolute atomic E-state index is 0.0521. The number of benzene rings is 1. The normalized spacial score (nSPS) is 29.9. The predicted octanol–water partition coefficient (Wildman–Crippen LogP) is 2.93. The molecular weight excluding hydrogens is 368 g/mol. The number of ether oxygens (including phenoxy) is 1. The third-order valence-electron chi connectivity index (χ3n) is 7.06. The second-order valence-corrected chi connectivity index (χ2v) is 8.68.